The Morgan fingerprint density at radius 1 is 1.20 bits per heavy atom. The highest BCUT2D eigenvalue weighted by Gasteiger charge is 2.44. The van der Waals surface area contributed by atoms with Gasteiger partial charge >= 0.3 is 0 Å². The number of aliphatic hydroxyl groups is 3. The predicted octanol–water partition coefficient (Wildman–Crippen LogP) is -0.357. The summed E-state index contributed by atoms with van der Waals surface area (Å²) in [5.74, 6) is 1.25. The van der Waals surface area contributed by atoms with E-state index in [1.54, 1.807) is 12.3 Å². The Bertz CT molecular complexity index is 851. The number of aliphatic hydroxyl groups excluding tert-OH is 3. The summed E-state index contributed by atoms with van der Waals surface area (Å²) in [5.41, 5.74) is 0.929. The van der Waals surface area contributed by atoms with Crippen LogP contribution >= 0.6 is 0 Å². The molecule has 4 rings (SSSR count). The molecule has 1 saturated heterocycles. The van der Waals surface area contributed by atoms with Gasteiger partial charge in [-0.1, -0.05) is 0 Å². The number of nitrogens with one attached hydrogen (secondary N) is 1. The molecule has 1 aliphatic heterocycles. The van der Waals surface area contributed by atoms with Gasteiger partial charge in [0.1, 0.15) is 30.4 Å². The van der Waals surface area contributed by atoms with Crippen LogP contribution in [0.5, 0.6) is 0 Å². The average Bonchev–Trinajstić information content (AvgIpc) is 3.34. The molecule has 1 aliphatic rings. The van der Waals surface area contributed by atoms with Gasteiger partial charge in [-0.25, -0.2) is 15.0 Å². The molecule has 0 unspecified atom stereocenters. The summed E-state index contributed by atoms with van der Waals surface area (Å²) in [5, 5.41) is 32.4. The molecule has 1 fully saturated rings. The molecule has 0 aliphatic carbocycles. The van der Waals surface area contributed by atoms with Gasteiger partial charge in [-0.15, -0.1) is 0 Å². The second-order valence-electron chi connectivity index (χ2n) is 5.71. The zero-order valence-corrected chi connectivity index (χ0v) is 13.1. The van der Waals surface area contributed by atoms with Crippen LogP contribution in [-0.4, -0.2) is 59.8 Å². The first-order valence-corrected chi connectivity index (χ1v) is 7.75. The summed E-state index contributed by atoms with van der Waals surface area (Å²) in [6.07, 6.45) is 0.253. The molecule has 132 valence electrons. The molecule has 25 heavy (non-hydrogen) atoms. The molecule has 10 heteroatoms. The Morgan fingerprint density at radius 2 is 2.08 bits per heavy atom. The van der Waals surface area contributed by atoms with Gasteiger partial charge in [0.25, 0.3) is 0 Å². The van der Waals surface area contributed by atoms with E-state index in [2.05, 4.69) is 20.3 Å². The third-order valence-electron chi connectivity index (χ3n) is 4.16. The summed E-state index contributed by atoms with van der Waals surface area (Å²) < 4.78 is 12.3. The van der Waals surface area contributed by atoms with E-state index in [0.717, 1.165) is 5.76 Å². The van der Waals surface area contributed by atoms with Crippen molar-refractivity contribution in [2.75, 3.05) is 11.9 Å². The van der Waals surface area contributed by atoms with Gasteiger partial charge in [-0.2, -0.15) is 0 Å². The molecular weight excluding hydrogens is 330 g/mol. The van der Waals surface area contributed by atoms with Gasteiger partial charge < -0.3 is 29.8 Å². The molecule has 0 radical (unpaired) electrons. The quantitative estimate of drug-likeness (QED) is 0.487. The number of anilines is 1. The van der Waals surface area contributed by atoms with Crippen LogP contribution in [0.3, 0.4) is 0 Å². The molecule has 0 spiro atoms. The zero-order valence-electron chi connectivity index (χ0n) is 13.1. The molecule has 0 bridgehead atoms. The summed E-state index contributed by atoms with van der Waals surface area (Å²) in [4.78, 5) is 12.7. The zero-order chi connectivity index (χ0) is 17.4. The Morgan fingerprint density at radius 3 is 2.80 bits per heavy atom. The van der Waals surface area contributed by atoms with Crippen LogP contribution in [0.4, 0.5) is 5.82 Å². The van der Waals surface area contributed by atoms with E-state index in [-0.39, 0.29) is 0 Å². The first-order chi connectivity index (χ1) is 12.2. The molecule has 0 saturated carbocycles. The maximum absolute atomic E-state index is 10.2. The lowest BCUT2D eigenvalue weighted by Crippen LogP contribution is -2.33. The van der Waals surface area contributed by atoms with Crippen molar-refractivity contribution in [2.45, 2.75) is 31.1 Å². The molecule has 3 aromatic rings. The lowest BCUT2D eigenvalue weighted by Gasteiger charge is -2.16. The topological polar surface area (TPSA) is 139 Å². The van der Waals surface area contributed by atoms with Gasteiger partial charge in [-0.05, 0) is 12.1 Å². The predicted molar refractivity (Wildman–Crippen MR) is 84.4 cm³/mol. The molecule has 4 N–H and O–H groups in total. The van der Waals surface area contributed by atoms with Crippen molar-refractivity contribution < 1.29 is 24.5 Å². The highest BCUT2D eigenvalue weighted by atomic mass is 16.6. The largest absolute Gasteiger partial charge is 0.467 e. The minimum atomic E-state index is -1.20. The van der Waals surface area contributed by atoms with Crippen molar-refractivity contribution in [3.8, 4) is 0 Å². The Labute approximate surface area is 141 Å². The van der Waals surface area contributed by atoms with Crippen molar-refractivity contribution >= 4 is 17.0 Å². The van der Waals surface area contributed by atoms with Gasteiger partial charge in [0.15, 0.2) is 23.2 Å². The highest BCUT2D eigenvalue weighted by molar-refractivity contribution is 5.82. The normalized spacial score (nSPS) is 26.4. The number of ether oxygens (including phenoxy) is 1. The van der Waals surface area contributed by atoms with Crippen LogP contribution in [0.1, 0.15) is 12.0 Å². The van der Waals surface area contributed by atoms with Crippen molar-refractivity contribution in [3.63, 3.8) is 0 Å². The van der Waals surface area contributed by atoms with Crippen molar-refractivity contribution in [2.24, 2.45) is 0 Å². The van der Waals surface area contributed by atoms with E-state index >= 15 is 0 Å². The summed E-state index contributed by atoms with van der Waals surface area (Å²) >= 11 is 0. The monoisotopic (exact) mass is 347 g/mol. The fourth-order valence-corrected chi connectivity index (χ4v) is 2.86. The number of aromatic nitrogens is 4. The standard InChI is InChI=1S/C15H17N5O5/c21-5-9-11(22)12(23)15(25-9)20-7-19-10-13(17-6-18-14(10)20)16-4-8-2-1-3-24-8/h1-3,6-7,9,11-12,15,21-23H,4-5H2,(H,16,17,18)/t9-,11+,12+,15-/m0/s1. The molecule has 4 atom stereocenters. The molecule has 3 aromatic heterocycles. The van der Waals surface area contributed by atoms with Crippen LogP contribution in [0.15, 0.2) is 35.5 Å². The molecule has 0 amide bonds. The van der Waals surface area contributed by atoms with Crippen molar-refractivity contribution in [1.82, 2.24) is 19.5 Å². The molecule has 4 heterocycles. The van der Waals surface area contributed by atoms with Crippen LogP contribution < -0.4 is 5.32 Å². The van der Waals surface area contributed by atoms with E-state index in [0.29, 0.717) is 23.5 Å². The molecule has 0 aromatic carbocycles. The van der Waals surface area contributed by atoms with Crippen LogP contribution in [0.2, 0.25) is 0 Å². The van der Waals surface area contributed by atoms with Crippen molar-refractivity contribution in [1.29, 1.82) is 0 Å². The van der Waals surface area contributed by atoms with Gasteiger partial charge in [0.2, 0.25) is 0 Å². The second-order valence-corrected chi connectivity index (χ2v) is 5.71. The van der Waals surface area contributed by atoms with E-state index in [4.69, 9.17) is 9.15 Å². The number of hydrogen-bond donors (Lipinski definition) is 4. The van der Waals surface area contributed by atoms with Gasteiger partial charge in [0, 0.05) is 0 Å². The number of hydrogen-bond acceptors (Lipinski definition) is 9. The third-order valence-corrected chi connectivity index (χ3v) is 4.16. The van der Waals surface area contributed by atoms with Crippen LogP contribution in [-0.2, 0) is 11.3 Å². The maximum atomic E-state index is 10.2. The molecular formula is C15H17N5O5. The lowest BCUT2D eigenvalue weighted by atomic mass is 10.1. The smallest absolute Gasteiger partial charge is 0.167 e. The fraction of sp³-hybridized carbons (Fsp3) is 0.400. The number of fused-ring (bicyclic) bond motifs is 1. The average molecular weight is 347 g/mol. The van der Waals surface area contributed by atoms with E-state index in [1.807, 2.05) is 6.07 Å². The number of furan rings is 1. The highest BCUT2D eigenvalue weighted by Crippen LogP contribution is 2.32. The molecule has 10 nitrogen and oxygen atoms in total. The Balaban J connectivity index is 1.63. The van der Waals surface area contributed by atoms with Gasteiger partial charge in [-0.3, -0.25) is 4.57 Å². The van der Waals surface area contributed by atoms with E-state index in [1.165, 1.54) is 17.2 Å². The van der Waals surface area contributed by atoms with Crippen LogP contribution in [0.25, 0.3) is 11.2 Å². The van der Waals surface area contributed by atoms with Crippen LogP contribution in [0, 0.1) is 0 Å². The Kier molecular flexibility index (Phi) is 4.09. The van der Waals surface area contributed by atoms with E-state index in [9.17, 15) is 15.3 Å². The first-order valence-electron chi connectivity index (χ1n) is 7.75. The lowest BCUT2D eigenvalue weighted by molar-refractivity contribution is -0.0511. The number of rotatable bonds is 5. The second kappa shape index (κ2) is 6.41. The summed E-state index contributed by atoms with van der Waals surface area (Å²) in [6, 6.07) is 3.63. The number of nitrogens with zero attached hydrogens (tertiary/aromatic N) is 4. The maximum Gasteiger partial charge on any atom is 0.167 e. The number of imidazole rings is 1. The first kappa shape index (κ1) is 16.0. The van der Waals surface area contributed by atoms with Gasteiger partial charge in [0.05, 0.1) is 25.7 Å². The summed E-state index contributed by atoms with van der Waals surface area (Å²) in [7, 11) is 0. The Hall–Kier alpha value is -2.53. The SMILES string of the molecule is OC[C@@H]1O[C@H](n2cnc3c(NCc4ccco4)ncnc32)[C@H](O)[C@@H]1O. The third kappa shape index (κ3) is 2.74. The van der Waals surface area contributed by atoms with Crippen molar-refractivity contribution in [3.05, 3.63) is 36.8 Å². The summed E-state index contributed by atoms with van der Waals surface area (Å²) in [6.45, 7) is 0.0338. The fourth-order valence-electron chi connectivity index (χ4n) is 2.86. The van der Waals surface area contributed by atoms with E-state index < -0.39 is 31.1 Å². The minimum Gasteiger partial charge on any atom is -0.467 e. The minimum absolute atomic E-state index is 0.397.